The van der Waals surface area contributed by atoms with Crippen molar-refractivity contribution in [2.75, 3.05) is 66.4 Å². The predicted octanol–water partition coefficient (Wildman–Crippen LogP) is 4.83. The quantitative estimate of drug-likeness (QED) is 0.156. The van der Waals surface area contributed by atoms with Gasteiger partial charge in [-0.25, -0.2) is 13.6 Å². The normalized spacial score (nSPS) is 17.1. The minimum Gasteiger partial charge on any atom is -0.381 e. The second-order valence-electron chi connectivity index (χ2n) is 14.0. The van der Waals surface area contributed by atoms with Crippen LogP contribution >= 0.6 is 0 Å². The molecule has 3 saturated heterocycles. The summed E-state index contributed by atoms with van der Waals surface area (Å²) in [5.41, 5.74) is 5.02. The second-order valence-corrected chi connectivity index (χ2v) is 14.0. The van der Waals surface area contributed by atoms with Gasteiger partial charge in [0.1, 0.15) is 11.6 Å². The molecule has 16 heteroatoms. The molecule has 284 valence electrons. The Balaban J connectivity index is 0.943. The number of anilines is 4. The number of hydrogen-bond acceptors (Lipinski definition) is 10. The van der Waals surface area contributed by atoms with Crippen LogP contribution in [0.2, 0.25) is 0 Å². The zero-order chi connectivity index (χ0) is 37.9. The van der Waals surface area contributed by atoms with Gasteiger partial charge in [0.05, 0.1) is 16.8 Å². The van der Waals surface area contributed by atoms with Crippen molar-refractivity contribution in [3.63, 3.8) is 0 Å². The molecule has 3 aliphatic heterocycles. The van der Waals surface area contributed by atoms with Crippen LogP contribution in [0, 0.1) is 11.6 Å². The third-order valence-corrected chi connectivity index (χ3v) is 10.2. The van der Waals surface area contributed by atoms with Crippen LogP contribution in [0.15, 0.2) is 66.7 Å². The number of amides is 4. The van der Waals surface area contributed by atoms with E-state index in [2.05, 4.69) is 46.1 Å². The largest absolute Gasteiger partial charge is 0.381 e. The van der Waals surface area contributed by atoms with Crippen molar-refractivity contribution in [3.05, 3.63) is 101 Å². The van der Waals surface area contributed by atoms with Crippen molar-refractivity contribution < 1.29 is 27.9 Å². The van der Waals surface area contributed by atoms with Crippen molar-refractivity contribution in [1.29, 1.82) is 0 Å². The molecular formula is C39H40F2N10O4. The number of halogens is 2. The molecule has 0 bridgehead atoms. The van der Waals surface area contributed by atoms with Gasteiger partial charge in [0.2, 0.25) is 5.91 Å². The highest BCUT2D eigenvalue weighted by Gasteiger charge is 2.26. The number of aromatic amines is 1. The lowest BCUT2D eigenvalue weighted by atomic mass is 10.0. The van der Waals surface area contributed by atoms with Gasteiger partial charge in [-0.05, 0) is 85.0 Å². The zero-order valence-corrected chi connectivity index (χ0v) is 30.0. The van der Waals surface area contributed by atoms with Gasteiger partial charge in [0.25, 0.3) is 5.91 Å². The Kier molecular flexibility index (Phi) is 10.3. The summed E-state index contributed by atoms with van der Waals surface area (Å²) < 4.78 is 33.3. The molecule has 14 nitrogen and oxygen atoms in total. The lowest BCUT2D eigenvalue weighted by molar-refractivity contribution is -0.120. The number of carbonyl (C=O) groups excluding carboxylic acids is 3. The molecule has 0 spiro atoms. The summed E-state index contributed by atoms with van der Waals surface area (Å²) in [5, 5.41) is 25.5. The van der Waals surface area contributed by atoms with Crippen LogP contribution < -0.4 is 25.8 Å². The molecule has 3 aromatic carbocycles. The van der Waals surface area contributed by atoms with Crippen molar-refractivity contribution in [1.82, 2.24) is 30.6 Å². The van der Waals surface area contributed by atoms with Gasteiger partial charge < -0.3 is 20.3 Å². The third-order valence-electron chi connectivity index (χ3n) is 10.2. The number of nitrogens with one attached hydrogen (secondary N) is 4. The minimum absolute atomic E-state index is 0.146. The summed E-state index contributed by atoms with van der Waals surface area (Å²) in [6, 6.07) is 18.1. The molecule has 0 unspecified atom stereocenters. The highest BCUT2D eigenvalue weighted by molar-refractivity contribution is 6.11. The van der Waals surface area contributed by atoms with Gasteiger partial charge >= 0.3 is 6.03 Å². The van der Waals surface area contributed by atoms with E-state index in [0.717, 1.165) is 67.7 Å². The Labute approximate surface area is 315 Å². The fraction of sp³-hybridized carbons (Fsp3) is 0.333. The first kappa shape index (κ1) is 36.0. The summed E-state index contributed by atoms with van der Waals surface area (Å²) in [6.07, 6.45) is 2.17. The molecule has 4 N–H and O–H groups in total. The lowest BCUT2D eigenvalue weighted by Gasteiger charge is -2.36. The summed E-state index contributed by atoms with van der Waals surface area (Å²) >= 11 is 0. The molecule has 5 aromatic rings. The number of carbonyl (C=O) groups is 3. The first-order valence-electron chi connectivity index (χ1n) is 18.4. The molecule has 5 heterocycles. The van der Waals surface area contributed by atoms with E-state index in [4.69, 9.17) is 4.74 Å². The van der Waals surface area contributed by atoms with Crippen LogP contribution in [0.25, 0.3) is 10.9 Å². The Hall–Kier alpha value is -6.00. The fourth-order valence-electron chi connectivity index (χ4n) is 7.26. The highest BCUT2D eigenvalue weighted by Crippen LogP contribution is 2.30. The number of ether oxygens (including phenoxy) is 1. The van der Waals surface area contributed by atoms with Crippen LogP contribution in [-0.2, 0) is 22.5 Å². The van der Waals surface area contributed by atoms with E-state index in [1.165, 1.54) is 17.0 Å². The number of piperazine rings is 1. The molecule has 0 saturated carbocycles. The Morgan fingerprint density at radius 1 is 0.873 bits per heavy atom. The second kappa shape index (κ2) is 15.8. The van der Waals surface area contributed by atoms with E-state index in [1.807, 2.05) is 42.5 Å². The Morgan fingerprint density at radius 2 is 1.67 bits per heavy atom. The van der Waals surface area contributed by atoms with Crippen LogP contribution in [0.5, 0.6) is 0 Å². The fourth-order valence-corrected chi connectivity index (χ4v) is 7.26. The van der Waals surface area contributed by atoms with E-state index in [9.17, 15) is 23.2 Å². The predicted molar refractivity (Wildman–Crippen MR) is 202 cm³/mol. The smallest absolute Gasteiger partial charge is 0.329 e. The average molecular weight is 751 g/mol. The van der Waals surface area contributed by atoms with E-state index in [-0.39, 0.29) is 30.8 Å². The number of urea groups is 1. The first-order valence-corrected chi connectivity index (χ1v) is 18.4. The SMILES string of the molecule is O=C1CCN(c2ccc(CN3CCN(c4ccc(C(=O)Nc5n[nH]c6ccc(Cc7cc(F)cc(F)c7)cc56)c(NC5CCOCC5)c4)CC3)nn2)C(=O)N1. The topological polar surface area (TPSA) is 161 Å². The van der Waals surface area contributed by atoms with Crippen molar-refractivity contribution >= 4 is 51.8 Å². The number of imide groups is 1. The molecule has 0 atom stereocenters. The molecule has 4 amide bonds. The maximum Gasteiger partial charge on any atom is 0.329 e. The maximum absolute atomic E-state index is 13.9. The lowest BCUT2D eigenvalue weighted by Crippen LogP contribution is -2.50. The van der Waals surface area contributed by atoms with Gasteiger partial charge in [-0.3, -0.25) is 29.8 Å². The summed E-state index contributed by atoms with van der Waals surface area (Å²) in [4.78, 5) is 43.6. The number of fused-ring (bicyclic) bond motifs is 1. The van der Waals surface area contributed by atoms with Gasteiger partial charge in [-0.15, -0.1) is 5.10 Å². The Bertz CT molecular complexity index is 2200. The van der Waals surface area contributed by atoms with Crippen LogP contribution in [-0.4, -0.2) is 95.1 Å². The van der Waals surface area contributed by atoms with E-state index < -0.39 is 17.7 Å². The standard InChI is InChI=1S/C39H40F2N10O4/c40-26-18-25(19-27(41)21-26)17-24-1-5-33-32(20-24)37(48-46-33)44-38(53)31-4-3-30(22-34(31)42-28-8-15-55-16-9-28)50-13-11-49(12-14-50)23-29-2-6-35(47-45-29)51-10-7-36(52)43-39(51)54/h1-6,18-22,28,42H,7-17,23H2,(H,43,52,54)(H2,44,46,48,53). The summed E-state index contributed by atoms with van der Waals surface area (Å²) in [6.45, 7) is 5.26. The van der Waals surface area contributed by atoms with E-state index in [1.54, 1.807) is 6.07 Å². The number of benzene rings is 3. The van der Waals surface area contributed by atoms with Gasteiger partial charge in [-0.1, -0.05) is 6.07 Å². The molecular weight excluding hydrogens is 710 g/mol. The summed E-state index contributed by atoms with van der Waals surface area (Å²) in [5.74, 6) is -1.12. The molecule has 8 rings (SSSR count). The summed E-state index contributed by atoms with van der Waals surface area (Å²) in [7, 11) is 0. The first-order chi connectivity index (χ1) is 26.7. The van der Waals surface area contributed by atoms with Gasteiger partial charge in [0, 0.05) is 87.8 Å². The molecule has 0 radical (unpaired) electrons. The number of hydrogen-bond donors (Lipinski definition) is 4. The number of aromatic nitrogens is 4. The number of rotatable bonds is 10. The average Bonchev–Trinajstić information content (AvgIpc) is 3.57. The van der Waals surface area contributed by atoms with E-state index >= 15 is 0 Å². The highest BCUT2D eigenvalue weighted by atomic mass is 19.1. The Morgan fingerprint density at radius 3 is 2.42 bits per heavy atom. The maximum atomic E-state index is 13.9. The van der Waals surface area contributed by atoms with Gasteiger partial charge in [-0.2, -0.15) is 10.2 Å². The molecule has 3 fully saturated rings. The van der Waals surface area contributed by atoms with Crippen molar-refractivity contribution in [2.24, 2.45) is 0 Å². The zero-order valence-electron chi connectivity index (χ0n) is 30.0. The molecule has 3 aliphatic rings. The van der Waals surface area contributed by atoms with Crippen LogP contribution in [0.3, 0.4) is 0 Å². The third kappa shape index (κ3) is 8.39. The minimum atomic E-state index is -0.632. The molecule has 55 heavy (non-hydrogen) atoms. The van der Waals surface area contributed by atoms with Gasteiger partial charge in [0.15, 0.2) is 11.6 Å². The number of nitrogens with zero attached hydrogens (tertiary/aromatic N) is 6. The molecule has 0 aliphatic carbocycles. The van der Waals surface area contributed by atoms with Crippen molar-refractivity contribution in [3.8, 4) is 0 Å². The van der Waals surface area contributed by atoms with Crippen LogP contribution in [0.1, 0.15) is 46.4 Å². The molecule has 2 aromatic heterocycles. The monoisotopic (exact) mass is 750 g/mol. The van der Waals surface area contributed by atoms with Crippen LogP contribution in [0.4, 0.5) is 36.6 Å². The van der Waals surface area contributed by atoms with E-state index in [0.29, 0.717) is 59.8 Å². The number of H-pyrrole nitrogens is 1. The van der Waals surface area contributed by atoms with Crippen molar-refractivity contribution in [2.45, 2.75) is 38.3 Å².